The molecule has 0 fully saturated rings. The van der Waals surface area contributed by atoms with E-state index in [-0.39, 0.29) is 0 Å². The van der Waals surface area contributed by atoms with Gasteiger partial charge in [0.15, 0.2) is 0 Å². The van der Waals surface area contributed by atoms with E-state index < -0.39 is 0 Å². The molecule has 0 bridgehead atoms. The van der Waals surface area contributed by atoms with Gasteiger partial charge in [-0.2, -0.15) is 5.26 Å². The predicted molar refractivity (Wildman–Crippen MR) is 75.2 cm³/mol. The topological polar surface area (TPSA) is 67.6 Å². The standard InChI is InChI=1S/C14H9ClN4/c15-10-2-1-3-11(7-10)19-13-6-9(8-16)4-5-12(13)18-14(19)17/h1-7H,(H2,17,18). The number of aromatic nitrogens is 2. The average molecular weight is 269 g/mol. The van der Waals surface area contributed by atoms with E-state index in [0.29, 0.717) is 16.5 Å². The summed E-state index contributed by atoms with van der Waals surface area (Å²) >= 11 is 6.00. The predicted octanol–water partition coefficient (Wildman–Crippen LogP) is 3.13. The van der Waals surface area contributed by atoms with Crippen molar-refractivity contribution in [3.63, 3.8) is 0 Å². The van der Waals surface area contributed by atoms with Gasteiger partial charge in [0.05, 0.1) is 28.4 Å². The first kappa shape index (κ1) is 11.6. The van der Waals surface area contributed by atoms with Crippen LogP contribution in [0.3, 0.4) is 0 Å². The first-order valence-electron chi connectivity index (χ1n) is 5.63. The summed E-state index contributed by atoms with van der Waals surface area (Å²) in [5.41, 5.74) is 8.88. The molecule has 19 heavy (non-hydrogen) atoms. The largest absolute Gasteiger partial charge is 0.369 e. The molecular formula is C14H9ClN4. The number of benzene rings is 2. The maximum atomic E-state index is 8.98. The van der Waals surface area contributed by atoms with Crippen molar-refractivity contribution >= 4 is 28.6 Å². The molecule has 0 aliphatic heterocycles. The molecule has 0 spiro atoms. The van der Waals surface area contributed by atoms with Gasteiger partial charge in [0.1, 0.15) is 0 Å². The third kappa shape index (κ3) is 1.90. The Morgan fingerprint density at radius 1 is 1.21 bits per heavy atom. The Labute approximate surface area is 114 Å². The lowest BCUT2D eigenvalue weighted by Gasteiger charge is -2.06. The zero-order valence-electron chi connectivity index (χ0n) is 9.84. The van der Waals surface area contributed by atoms with Crippen LogP contribution in [0.15, 0.2) is 42.5 Å². The lowest BCUT2D eigenvalue weighted by atomic mass is 10.2. The van der Waals surface area contributed by atoms with Crippen LogP contribution in [0.1, 0.15) is 5.56 Å². The monoisotopic (exact) mass is 268 g/mol. The Bertz CT molecular complexity index is 814. The van der Waals surface area contributed by atoms with Crippen molar-refractivity contribution in [3.8, 4) is 11.8 Å². The first-order chi connectivity index (χ1) is 9.19. The second kappa shape index (κ2) is 4.30. The van der Waals surface area contributed by atoms with Gasteiger partial charge in [0.2, 0.25) is 5.95 Å². The molecule has 92 valence electrons. The molecule has 1 heterocycles. The minimum absolute atomic E-state index is 0.368. The number of rotatable bonds is 1. The smallest absolute Gasteiger partial charge is 0.205 e. The number of imidazole rings is 1. The summed E-state index contributed by atoms with van der Waals surface area (Å²) in [6.07, 6.45) is 0. The van der Waals surface area contributed by atoms with Crippen LogP contribution in [0.2, 0.25) is 5.02 Å². The van der Waals surface area contributed by atoms with Crippen LogP contribution in [0, 0.1) is 11.3 Å². The van der Waals surface area contributed by atoms with Crippen LogP contribution in [-0.4, -0.2) is 9.55 Å². The van der Waals surface area contributed by atoms with Crippen LogP contribution in [0.25, 0.3) is 16.7 Å². The lowest BCUT2D eigenvalue weighted by molar-refractivity contribution is 1.11. The van der Waals surface area contributed by atoms with Gasteiger partial charge in [-0.3, -0.25) is 4.57 Å². The molecule has 5 heteroatoms. The Morgan fingerprint density at radius 2 is 2.05 bits per heavy atom. The van der Waals surface area contributed by atoms with E-state index in [9.17, 15) is 0 Å². The van der Waals surface area contributed by atoms with Crippen molar-refractivity contribution in [1.29, 1.82) is 5.26 Å². The van der Waals surface area contributed by atoms with Gasteiger partial charge in [-0.1, -0.05) is 17.7 Å². The molecule has 0 saturated carbocycles. The van der Waals surface area contributed by atoms with E-state index in [1.807, 2.05) is 12.1 Å². The summed E-state index contributed by atoms with van der Waals surface area (Å²) in [6, 6.07) is 14.7. The fourth-order valence-corrected chi connectivity index (χ4v) is 2.23. The molecule has 0 unspecified atom stereocenters. The van der Waals surface area contributed by atoms with Gasteiger partial charge in [-0.25, -0.2) is 4.98 Å². The number of nitrogens with two attached hydrogens (primary N) is 1. The van der Waals surface area contributed by atoms with Crippen LogP contribution in [-0.2, 0) is 0 Å². The number of fused-ring (bicyclic) bond motifs is 1. The molecule has 3 aromatic rings. The molecule has 0 radical (unpaired) electrons. The van der Waals surface area contributed by atoms with Crippen LogP contribution in [0.4, 0.5) is 5.95 Å². The number of hydrogen-bond donors (Lipinski definition) is 1. The highest BCUT2D eigenvalue weighted by atomic mass is 35.5. The zero-order chi connectivity index (χ0) is 13.4. The van der Waals surface area contributed by atoms with Gasteiger partial charge >= 0.3 is 0 Å². The molecule has 2 N–H and O–H groups in total. The van der Waals surface area contributed by atoms with E-state index in [0.717, 1.165) is 16.7 Å². The van der Waals surface area contributed by atoms with E-state index in [1.54, 1.807) is 34.9 Å². The number of nitrogen functional groups attached to an aromatic ring is 1. The van der Waals surface area contributed by atoms with E-state index >= 15 is 0 Å². The maximum absolute atomic E-state index is 8.98. The van der Waals surface area contributed by atoms with Crippen LogP contribution < -0.4 is 5.73 Å². The Hall–Kier alpha value is -2.51. The molecule has 2 aromatic carbocycles. The minimum atomic E-state index is 0.368. The van der Waals surface area contributed by atoms with E-state index in [4.69, 9.17) is 22.6 Å². The summed E-state index contributed by atoms with van der Waals surface area (Å²) in [5, 5.41) is 9.60. The van der Waals surface area contributed by atoms with Gasteiger partial charge in [0.25, 0.3) is 0 Å². The number of halogens is 1. The normalized spacial score (nSPS) is 10.5. The molecule has 0 amide bonds. The van der Waals surface area contributed by atoms with Crippen molar-refractivity contribution in [3.05, 3.63) is 53.1 Å². The highest BCUT2D eigenvalue weighted by Crippen LogP contribution is 2.25. The minimum Gasteiger partial charge on any atom is -0.369 e. The lowest BCUT2D eigenvalue weighted by Crippen LogP contribution is -2.00. The Morgan fingerprint density at radius 3 is 2.79 bits per heavy atom. The molecule has 0 aliphatic rings. The maximum Gasteiger partial charge on any atom is 0.205 e. The third-order valence-electron chi connectivity index (χ3n) is 2.88. The summed E-state index contributed by atoms with van der Waals surface area (Å²) in [5.74, 6) is 0.368. The van der Waals surface area contributed by atoms with Crippen molar-refractivity contribution in [2.75, 3.05) is 5.73 Å². The highest BCUT2D eigenvalue weighted by Gasteiger charge is 2.10. The van der Waals surface area contributed by atoms with Crippen molar-refractivity contribution in [2.45, 2.75) is 0 Å². The van der Waals surface area contributed by atoms with Gasteiger partial charge in [-0.15, -0.1) is 0 Å². The zero-order valence-corrected chi connectivity index (χ0v) is 10.6. The second-order valence-corrected chi connectivity index (χ2v) is 4.54. The van der Waals surface area contributed by atoms with Crippen LogP contribution >= 0.6 is 11.6 Å². The molecule has 0 saturated heterocycles. The molecule has 0 atom stereocenters. The Balaban J connectivity index is 2.34. The molecule has 4 nitrogen and oxygen atoms in total. The van der Waals surface area contributed by atoms with Crippen molar-refractivity contribution in [2.24, 2.45) is 0 Å². The number of hydrogen-bond acceptors (Lipinski definition) is 3. The average Bonchev–Trinajstić information content (AvgIpc) is 2.73. The summed E-state index contributed by atoms with van der Waals surface area (Å²) in [7, 11) is 0. The quantitative estimate of drug-likeness (QED) is 0.737. The second-order valence-electron chi connectivity index (χ2n) is 4.10. The molecule has 3 rings (SSSR count). The van der Waals surface area contributed by atoms with Crippen LogP contribution in [0.5, 0.6) is 0 Å². The number of nitriles is 1. The highest BCUT2D eigenvalue weighted by molar-refractivity contribution is 6.30. The number of nitrogens with zero attached hydrogens (tertiary/aromatic N) is 3. The van der Waals surface area contributed by atoms with E-state index in [1.165, 1.54) is 0 Å². The fraction of sp³-hybridized carbons (Fsp3) is 0. The molecular weight excluding hydrogens is 260 g/mol. The van der Waals surface area contributed by atoms with Gasteiger partial charge < -0.3 is 5.73 Å². The molecule has 1 aromatic heterocycles. The SMILES string of the molecule is N#Cc1ccc2nc(N)n(-c3cccc(Cl)c3)c2c1. The van der Waals surface area contributed by atoms with E-state index in [2.05, 4.69) is 11.1 Å². The third-order valence-corrected chi connectivity index (χ3v) is 3.11. The summed E-state index contributed by atoms with van der Waals surface area (Å²) in [6.45, 7) is 0. The van der Waals surface area contributed by atoms with Gasteiger partial charge in [0, 0.05) is 5.02 Å². The first-order valence-corrected chi connectivity index (χ1v) is 6.01. The van der Waals surface area contributed by atoms with Crippen molar-refractivity contribution < 1.29 is 0 Å². The molecule has 0 aliphatic carbocycles. The fourth-order valence-electron chi connectivity index (χ4n) is 2.05. The Kier molecular flexibility index (Phi) is 2.62. The summed E-state index contributed by atoms with van der Waals surface area (Å²) < 4.78 is 1.78. The van der Waals surface area contributed by atoms with Crippen molar-refractivity contribution in [1.82, 2.24) is 9.55 Å². The number of anilines is 1. The summed E-state index contributed by atoms with van der Waals surface area (Å²) in [4.78, 5) is 4.28. The van der Waals surface area contributed by atoms with Gasteiger partial charge in [-0.05, 0) is 36.4 Å².